The molecule has 2 aromatic carbocycles. The number of aromatic nitrogens is 1. The highest BCUT2D eigenvalue weighted by Gasteiger charge is 2.29. The van der Waals surface area contributed by atoms with E-state index < -0.39 is 5.82 Å². The molecule has 1 aromatic heterocycles. The number of aldehydes is 1. The molecular weight excluding hydrogens is 419 g/mol. The average Bonchev–Trinajstić information content (AvgIpc) is 2.72. The van der Waals surface area contributed by atoms with E-state index in [9.17, 15) is 9.18 Å². The number of nitrogens with zero attached hydrogens (tertiary/aromatic N) is 2. The van der Waals surface area contributed by atoms with Gasteiger partial charge < -0.3 is 20.3 Å². The summed E-state index contributed by atoms with van der Waals surface area (Å²) in [5.41, 5.74) is 2.37. The van der Waals surface area contributed by atoms with Crippen LogP contribution in [-0.4, -0.2) is 44.6 Å². The molecule has 0 amide bonds. The third-order valence-corrected chi connectivity index (χ3v) is 4.67. The normalized spacial score (nSPS) is 13.0. The second-order valence-electron chi connectivity index (χ2n) is 6.99. The van der Waals surface area contributed by atoms with E-state index >= 15 is 0 Å². The molecule has 8 heteroatoms. The third kappa shape index (κ3) is 6.16. The van der Waals surface area contributed by atoms with Crippen LogP contribution in [0, 0.1) is 5.82 Å². The summed E-state index contributed by atoms with van der Waals surface area (Å²) < 4.78 is 19.5. The molecule has 0 unspecified atom stereocenters. The number of halogens is 2. The van der Waals surface area contributed by atoms with Crippen LogP contribution in [0.2, 0.25) is 5.02 Å². The van der Waals surface area contributed by atoms with E-state index in [4.69, 9.17) is 16.3 Å². The lowest BCUT2D eigenvalue weighted by molar-refractivity contribution is 0.112. The van der Waals surface area contributed by atoms with Crippen molar-refractivity contribution < 1.29 is 13.9 Å². The topological polar surface area (TPSA) is 66.5 Å². The summed E-state index contributed by atoms with van der Waals surface area (Å²) >= 11 is 5.76. The second-order valence-corrected chi connectivity index (χ2v) is 7.42. The van der Waals surface area contributed by atoms with Gasteiger partial charge in [-0.1, -0.05) is 23.7 Å². The average molecular weight is 443 g/mol. The molecule has 6 nitrogen and oxygen atoms in total. The number of hydrogen-bond donors (Lipinski definition) is 2. The highest BCUT2D eigenvalue weighted by Crippen LogP contribution is 2.28. The number of pyridine rings is 1. The van der Waals surface area contributed by atoms with Gasteiger partial charge in [-0.2, -0.15) is 0 Å². The Morgan fingerprint density at radius 1 is 1.16 bits per heavy atom. The van der Waals surface area contributed by atoms with Gasteiger partial charge >= 0.3 is 0 Å². The largest absolute Gasteiger partial charge is 0.484 e. The zero-order valence-corrected chi connectivity index (χ0v) is 18.1. The van der Waals surface area contributed by atoms with Crippen LogP contribution >= 0.6 is 11.6 Å². The van der Waals surface area contributed by atoms with Crippen LogP contribution in [0.1, 0.15) is 10.4 Å². The number of benzene rings is 2. The molecule has 2 heterocycles. The molecule has 3 aromatic rings. The Morgan fingerprint density at radius 3 is 2.65 bits per heavy atom. The van der Waals surface area contributed by atoms with E-state index in [0.29, 0.717) is 29.5 Å². The van der Waals surface area contributed by atoms with Crippen molar-refractivity contribution >= 4 is 35.1 Å². The van der Waals surface area contributed by atoms with Crippen molar-refractivity contribution in [3.63, 3.8) is 0 Å². The van der Waals surface area contributed by atoms with Crippen molar-refractivity contribution in [3.8, 4) is 5.75 Å². The molecule has 0 bridgehead atoms. The van der Waals surface area contributed by atoms with E-state index in [1.807, 2.05) is 38.4 Å². The van der Waals surface area contributed by atoms with E-state index in [1.54, 1.807) is 30.5 Å². The molecule has 1 aliphatic rings. The Kier molecular flexibility index (Phi) is 7.81. The molecule has 1 saturated heterocycles. The lowest BCUT2D eigenvalue weighted by Crippen LogP contribution is -2.54. The van der Waals surface area contributed by atoms with Crippen LogP contribution in [0.3, 0.4) is 0 Å². The van der Waals surface area contributed by atoms with Crippen molar-refractivity contribution in [2.24, 2.45) is 0 Å². The van der Waals surface area contributed by atoms with Gasteiger partial charge in [0.05, 0.1) is 13.1 Å². The van der Waals surface area contributed by atoms with E-state index in [1.165, 1.54) is 6.07 Å². The van der Waals surface area contributed by atoms with Gasteiger partial charge in [0.2, 0.25) is 0 Å². The number of carbonyl (C=O) groups excluding carboxylic acids is 1. The summed E-state index contributed by atoms with van der Waals surface area (Å²) in [6.45, 7) is 1.29. The first-order valence-electron chi connectivity index (χ1n) is 9.76. The lowest BCUT2D eigenvalue weighted by atomic mass is 10.1. The molecule has 162 valence electrons. The summed E-state index contributed by atoms with van der Waals surface area (Å²) in [4.78, 5) is 17.3. The summed E-state index contributed by atoms with van der Waals surface area (Å²) in [6.07, 6.45) is 2.43. The highest BCUT2D eigenvalue weighted by atomic mass is 35.5. The van der Waals surface area contributed by atoms with Crippen molar-refractivity contribution in [3.05, 3.63) is 77.2 Å². The van der Waals surface area contributed by atoms with Crippen LogP contribution in [0.5, 0.6) is 5.75 Å². The van der Waals surface area contributed by atoms with Crippen molar-refractivity contribution in [1.29, 1.82) is 0 Å². The standard InChI is InChI=1S/C21H17ClFN3O2.C2H7N/c22-15-4-5-20(19(23)9-15)28-18-11-26(12-18)17-6-7-24-21(10-17)25-16-3-1-2-14(8-16)13-27;1-3-2/h1-10,13,18H,11-12H2,(H,24,25);3H,1-2H3. The Balaban J connectivity index is 0.000000858. The first kappa shape index (κ1) is 22.5. The molecule has 31 heavy (non-hydrogen) atoms. The number of anilines is 3. The van der Waals surface area contributed by atoms with Crippen LogP contribution in [0.15, 0.2) is 60.8 Å². The molecule has 4 rings (SSSR count). The van der Waals surface area contributed by atoms with Gasteiger partial charge in [-0.3, -0.25) is 4.79 Å². The zero-order valence-electron chi connectivity index (χ0n) is 17.3. The zero-order chi connectivity index (χ0) is 22.2. The van der Waals surface area contributed by atoms with Crippen molar-refractivity contribution in [2.75, 3.05) is 37.4 Å². The third-order valence-electron chi connectivity index (χ3n) is 4.44. The van der Waals surface area contributed by atoms with Gasteiger partial charge in [-0.15, -0.1) is 0 Å². The summed E-state index contributed by atoms with van der Waals surface area (Å²) in [7, 11) is 3.75. The van der Waals surface area contributed by atoms with E-state index in [2.05, 4.69) is 20.5 Å². The minimum Gasteiger partial charge on any atom is -0.484 e. The van der Waals surface area contributed by atoms with Gasteiger partial charge in [-0.25, -0.2) is 9.37 Å². The maximum Gasteiger partial charge on any atom is 0.166 e. The summed E-state index contributed by atoms with van der Waals surface area (Å²) in [6, 6.07) is 15.4. The lowest BCUT2D eigenvalue weighted by Gasteiger charge is -2.40. The predicted octanol–water partition coefficient (Wildman–Crippen LogP) is 4.53. The summed E-state index contributed by atoms with van der Waals surface area (Å²) in [5.74, 6) is 0.425. The number of nitrogens with one attached hydrogen (secondary N) is 2. The molecule has 0 radical (unpaired) electrons. The molecule has 1 fully saturated rings. The Hall–Kier alpha value is -3.16. The monoisotopic (exact) mass is 442 g/mol. The molecule has 0 saturated carbocycles. The van der Waals surface area contributed by atoms with E-state index in [0.717, 1.165) is 17.7 Å². The Labute approximate surface area is 186 Å². The van der Waals surface area contributed by atoms with Crippen LogP contribution in [0.4, 0.5) is 21.6 Å². The van der Waals surface area contributed by atoms with Gasteiger partial charge in [0.1, 0.15) is 18.2 Å². The molecule has 2 N–H and O–H groups in total. The van der Waals surface area contributed by atoms with Crippen LogP contribution in [-0.2, 0) is 0 Å². The fraction of sp³-hybridized carbons (Fsp3) is 0.217. The number of rotatable bonds is 6. The van der Waals surface area contributed by atoms with Gasteiger partial charge in [-0.05, 0) is 50.5 Å². The number of carbonyl (C=O) groups is 1. The maximum absolute atomic E-state index is 13.8. The Morgan fingerprint density at radius 2 is 1.94 bits per heavy atom. The maximum atomic E-state index is 13.8. The summed E-state index contributed by atoms with van der Waals surface area (Å²) in [5, 5.41) is 6.29. The molecule has 0 aliphatic carbocycles. The molecule has 0 spiro atoms. The van der Waals surface area contributed by atoms with Crippen molar-refractivity contribution in [1.82, 2.24) is 10.3 Å². The predicted molar refractivity (Wildman–Crippen MR) is 122 cm³/mol. The smallest absolute Gasteiger partial charge is 0.166 e. The van der Waals surface area contributed by atoms with E-state index in [-0.39, 0.29) is 11.9 Å². The minimum absolute atomic E-state index is 0.0930. The van der Waals surface area contributed by atoms with Gasteiger partial charge in [0.15, 0.2) is 11.6 Å². The fourth-order valence-corrected chi connectivity index (χ4v) is 3.15. The van der Waals surface area contributed by atoms with Crippen LogP contribution in [0.25, 0.3) is 0 Å². The molecular formula is C23H24ClFN4O2. The van der Waals surface area contributed by atoms with Gasteiger partial charge in [0.25, 0.3) is 0 Å². The first-order valence-corrected chi connectivity index (χ1v) is 10.1. The quantitative estimate of drug-likeness (QED) is 0.546. The first-order chi connectivity index (χ1) is 15.0. The number of ether oxygens (including phenoxy) is 1. The SMILES string of the molecule is CNC.O=Cc1cccc(Nc2cc(N3CC(Oc4ccc(Cl)cc4F)C3)ccn2)c1. The Bertz CT molecular complexity index is 1030. The highest BCUT2D eigenvalue weighted by molar-refractivity contribution is 6.30. The second kappa shape index (κ2) is 10.7. The van der Waals surface area contributed by atoms with Crippen LogP contribution < -0.4 is 20.3 Å². The minimum atomic E-state index is -0.459. The van der Waals surface area contributed by atoms with Gasteiger partial charge in [0, 0.05) is 34.2 Å². The molecule has 0 atom stereocenters. The van der Waals surface area contributed by atoms with Crippen molar-refractivity contribution in [2.45, 2.75) is 6.10 Å². The molecule has 1 aliphatic heterocycles. The number of hydrogen-bond acceptors (Lipinski definition) is 6. The fourth-order valence-electron chi connectivity index (χ4n) is 3.00.